The lowest BCUT2D eigenvalue weighted by Gasteiger charge is -2.31. The SMILES string of the molecule is COc1ccc(-c2noc([C@@H]3CCCN(C(=O)c4cccc(F)c4)C3)n2)cc1. The molecular weight excluding hydrogens is 361 g/mol. The van der Waals surface area contributed by atoms with Crippen LogP contribution in [-0.2, 0) is 0 Å². The van der Waals surface area contributed by atoms with Gasteiger partial charge in [0.15, 0.2) is 0 Å². The van der Waals surface area contributed by atoms with Crippen LogP contribution in [0.4, 0.5) is 4.39 Å². The second-order valence-corrected chi connectivity index (χ2v) is 6.79. The van der Waals surface area contributed by atoms with Crippen LogP contribution in [0.25, 0.3) is 11.4 Å². The number of methoxy groups -OCH3 is 1. The predicted octanol–water partition coefficient (Wildman–Crippen LogP) is 3.90. The summed E-state index contributed by atoms with van der Waals surface area (Å²) in [6.45, 7) is 1.10. The number of amides is 1. The first-order valence-corrected chi connectivity index (χ1v) is 9.17. The highest BCUT2D eigenvalue weighted by Gasteiger charge is 2.29. The minimum atomic E-state index is -0.416. The monoisotopic (exact) mass is 381 g/mol. The molecule has 1 aromatic heterocycles. The number of piperidine rings is 1. The third-order valence-corrected chi connectivity index (χ3v) is 4.92. The first-order valence-electron chi connectivity index (χ1n) is 9.17. The van der Waals surface area contributed by atoms with E-state index >= 15 is 0 Å². The Labute approximate surface area is 161 Å². The average Bonchev–Trinajstić information content (AvgIpc) is 3.24. The van der Waals surface area contributed by atoms with Crippen molar-refractivity contribution in [2.45, 2.75) is 18.8 Å². The van der Waals surface area contributed by atoms with Crippen molar-refractivity contribution >= 4 is 5.91 Å². The molecule has 1 aliphatic rings. The Morgan fingerprint density at radius 1 is 1.25 bits per heavy atom. The van der Waals surface area contributed by atoms with Crippen LogP contribution < -0.4 is 4.74 Å². The normalized spacial score (nSPS) is 16.8. The van der Waals surface area contributed by atoms with Crippen molar-refractivity contribution in [1.82, 2.24) is 15.0 Å². The van der Waals surface area contributed by atoms with Gasteiger partial charge in [0.05, 0.1) is 13.0 Å². The maximum Gasteiger partial charge on any atom is 0.253 e. The van der Waals surface area contributed by atoms with Gasteiger partial charge < -0.3 is 14.2 Å². The lowest BCUT2D eigenvalue weighted by Crippen LogP contribution is -2.39. The Hall–Kier alpha value is -3.22. The number of rotatable bonds is 4. The number of hydrogen-bond acceptors (Lipinski definition) is 5. The van der Waals surface area contributed by atoms with Crippen molar-refractivity contribution in [1.29, 1.82) is 0 Å². The van der Waals surface area contributed by atoms with Crippen molar-refractivity contribution in [2.75, 3.05) is 20.2 Å². The molecule has 28 heavy (non-hydrogen) atoms. The van der Waals surface area contributed by atoms with E-state index in [-0.39, 0.29) is 11.8 Å². The molecule has 6 nitrogen and oxygen atoms in total. The van der Waals surface area contributed by atoms with Gasteiger partial charge in [-0.25, -0.2) is 4.39 Å². The summed E-state index contributed by atoms with van der Waals surface area (Å²) >= 11 is 0. The lowest BCUT2D eigenvalue weighted by molar-refractivity contribution is 0.0695. The topological polar surface area (TPSA) is 68.5 Å². The first kappa shape index (κ1) is 18.2. The summed E-state index contributed by atoms with van der Waals surface area (Å²) in [4.78, 5) is 18.9. The fourth-order valence-corrected chi connectivity index (χ4v) is 3.43. The Kier molecular flexibility index (Phi) is 5.06. The molecule has 7 heteroatoms. The largest absolute Gasteiger partial charge is 0.497 e. The molecule has 0 spiro atoms. The number of hydrogen-bond donors (Lipinski definition) is 0. The van der Waals surface area contributed by atoms with E-state index in [4.69, 9.17) is 9.26 Å². The van der Waals surface area contributed by atoms with E-state index in [1.807, 2.05) is 24.3 Å². The van der Waals surface area contributed by atoms with E-state index in [9.17, 15) is 9.18 Å². The van der Waals surface area contributed by atoms with Crippen molar-refractivity contribution in [2.24, 2.45) is 0 Å². The van der Waals surface area contributed by atoms with Crippen LogP contribution in [0.3, 0.4) is 0 Å². The van der Waals surface area contributed by atoms with Gasteiger partial charge in [-0.15, -0.1) is 0 Å². The second-order valence-electron chi connectivity index (χ2n) is 6.79. The molecule has 144 valence electrons. The highest BCUT2D eigenvalue weighted by Crippen LogP contribution is 2.29. The highest BCUT2D eigenvalue weighted by molar-refractivity contribution is 5.94. The summed E-state index contributed by atoms with van der Waals surface area (Å²) in [6, 6.07) is 13.2. The van der Waals surface area contributed by atoms with E-state index < -0.39 is 5.82 Å². The molecule has 0 N–H and O–H groups in total. The quantitative estimate of drug-likeness (QED) is 0.686. The molecule has 1 amide bonds. The minimum absolute atomic E-state index is 0.0363. The molecule has 0 aliphatic carbocycles. The zero-order chi connectivity index (χ0) is 19.5. The Morgan fingerprint density at radius 2 is 2.07 bits per heavy atom. The fraction of sp³-hybridized carbons (Fsp3) is 0.286. The number of likely N-dealkylation sites (tertiary alicyclic amines) is 1. The van der Waals surface area contributed by atoms with Gasteiger partial charge in [0.2, 0.25) is 11.7 Å². The average molecular weight is 381 g/mol. The van der Waals surface area contributed by atoms with Crippen LogP contribution in [-0.4, -0.2) is 41.1 Å². The van der Waals surface area contributed by atoms with E-state index in [0.717, 1.165) is 24.2 Å². The second kappa shape index (κ2) is 7.80. The third kappa shape index (κ3) is 3.74. The summed E-state index contributed by atoms with van der Waals surface area (Å²) in [5, 5.41) is 4.08. The maximum atomic E-state index is 13.4. The summed E-state index contributed by atoms with van der Waals surface area (Å²) in [5.41, 5.74) is 1.18. The molecule has 3 aromatic rings. The van der Waals surface area contributed by atoms with Crippen LogP contribution in [0, 0.1) is 5.82 Å². The van der Waals surface area contributed by atoms with E-state index in [1.54, 1.807) is 24.1 Å². The molecule has 2 heterocycles. The third-order valence-electron chi connectivity index (χ3n) is 4.92. The van der Waals surface area contributed by atoms with Crippen LogP contribution in [0.5, 0.6) is 5.75 Å². The van der Waals surface area contributed by atoms with Crippen molar-refractivity contribution < 1.29 is 18.4 Å². The van der Waals surface area contributed by atoms with E-state index in [2.05, 4.69) is 10.1 Å². The highest BCUT2D eigenvalue weighted by atomic mass is 19.1. The number of carbonyl (C=O) groups is 1. The summed E-state index contributed by atoms with van der Waals surface area (Å²) < 4.78 is 24.1. The molecule has 1 aliphatic heterocycles. The molecule has 0 unspecified atom stereocenters. The van der Waals surface area contributed by atoms with Gasteiger partial charge in [-0.2, -0.15) is 4.98 Å². The molecule has 2 aromatic carbocycles. The van der Waals surface area contributed by atoms with E-state index in [0.29, 0.717) is 30.4 Å². The number of benzene rings is 2. The van der Waals surface area contributed by atoms with Gasteiger partial charge in [-0.1, -0.05) is 11.2 Å². The van der Waals surface area contributed by atoms with Gasteiger partial charge in [0.1, 0.15) is 11.6 Å². The molecule has 0 saturated carbocycles. The molecule has 0 bridgehead atoms. The molecule has 1 saturated heterocycles. The molecule has 4 rings (SSSR count). The molecule has 0 radical (unpaired) electrons. The Balaban J connectivity index is 1.49. The van der Waals surface area contributed by atoms with Gasteiger partial charge in [0, 0.05) is 24.2 Å². The van der Waals surface area contributed by atoms with Gasteiger partial charge in [0.25, 0.3) is 5.91 Å². The molecule has 1 atom stereocenters. The van der Waals surface area contributed by atoms with Crippen molar-refractivity contribution in [3.63, 3.8) is 0 Å². The zero-order valence-corrected chi connectivity index (χ0v) is 15.5. The predicted molar refractivity (Wildman–Crippen MR) is 101 cm³/mol. The summed E-state index contributed by atoms with van der Waals surface area (Å²) in [6.07, 6.45) is 1.68. The zero-order valence-electron chi connectivity index (χ0n) is 15.5. The van der Waals surface area contributed by atoms with E-state index in [1.165, 1.54) is 12.1 Å². The van der Waals surface area contributed by atoms with Gasteiger partial charge >= 0.3 is 0 Å². The Morgan fingerprint density at radius 3 is 2.82 bits per heavy atom. The first-order chi connectivity index (χ1) is 13.6. The van der Waals surface area contributed by atoms with Crippen molar-refractivity contribution in [3.8, 4) is 17.1 Å². The van der Waals surface area contributed by atoms with Crippen LogP contribution >= 0.6 is 0 Å². The molecular formula is C21H20FN3O3. The van der Waals surface area contributed by atoms with Gasteiger partial charge in [-0.05, 0) is 55.3 Å². The number of halogens is 1. The number of carbonyl (C=O) groups excluding carboxylic acids is 1. The Bertz CT molecular complexity index is 971. The van der Waals surface area contributed by atoms with Crippen LogP contribution in [0.1, 0.15) is 35.0 Å². The van der Waals surface area contributed by atoms with Crippen molar-refractivity contribution in [3.05, 3.63) is 65.8 Å². The fourth-order valence-electron chi connectivity index (χ4n) is 3.43. The van der Waals surface area contributed by atoms with Gasteiger partial charge in [-0.3, -0.25) is 4.79 Å². The number of ether oxygens (including phenoxy) is 1. The smallest absolute Gasteiger partial charge is 0.253 e. The summed E-state index contributed by atoms with van der Waals surface area (Å²) in [7, 11) is 1.61. The maximum absolute atomic E-state index is 13.4. The summed E-state index contributed by atoms with van der Waals surface area (Å²) in [5.74, 6) is 1.14. The van der Waals surface area contributed by atoms with Crippen LogP contribution in [0.15, 0.2) is 53.1 Å². The molecule has 1 fully saturated rings. The van der Waals surface area contributed by atoms with Crippen LogP contribution in [0.2, 0.25) is 0 Å². The number of nitrogens with zero attached hydrogens (tertiary/aromatic N) is 3. The minimum Gasteiger partial charge on any atom is -0.497 e. The number of aromatic nitrogens is 2. The standard InChI is InChI=1S/C21H20FN3O3/c1-27-18-9-7-14(8-10-18)19-23-20(28-24-19)16-5-3-11-25(13-16)21(26)15-4-2-6-17(22)12-15/h2,4,6-10,12,16H,3,5,11,13H2,1H3/t16-/m1/s1. The lowest BCUT2D eigenvalue weighted by atomic mass is 9.97.